The van der Waals surface area contributed by atoms with E-state index in [1.54, 1.807) is 6.20 Å². The summed E-state index contributed by atoms with van der Waals surface area (Å²) in [6.07, 6.45) is 1.67. The summed E-state index contributed by atoms with van der Waals surface area (Å²) >= 11 is 3.35. The van der Waals surface area contributed by atoms with Crippen LogP contribution in [-0.2, 0) is 14.9 Å². The SMILES string of the molecule is COC(=O)C(N)C(C)(C)c1cccnc1Br. The monoisotopic (exact) mass is 286 g/mol. The lowest BCUT2D eigenvalue weighted by atomic mass is 9.79. The van der Waals surface area contributed by atoms with Gasteiger partial charge >= 0.3 is 5.97 Å². The largest absolute Gasteiger partial charge is 0.468 e. The van der Waals surface area contributed by atoms with Crippen LogP contribution in [0.25, 0.3) is 0 Å². The van der Waals surface area contributed by atoms with E-state index in [4.69, 9.17) is 5.73 Å². The average Bonchev–Trinajstić information content (AvgIpc) is 2.27. The van der Waals surface area contributed by atoms with Gasteiger partial charge in [0.25, 0.3) is 0 Å². The summed E-state index contributed by atoms with van der Waals surface area (Å²) in [6, 6.07) is 2.98. The molecule has 0 aliphatic rings. The predicted molar refractivity (Wildman–Crippen MR) is 65.0 cm³/mol. The van der Waals surface area contributed by atoms with Crippen LogP contribution in [0.1, 0.15) is 19.4 Å². The van der Waals surface area contributed by atoms with Gasteiger partial charge in [0, 0.05) is 11.6 Å². The van der Waals surface area contributed by atoms with Crippen molar-refractivity contribution >= 4 is 21.9 Å². The predicted octanol–water partition coefficient (Wildman–Crippen LogP) is 1.62. The number of ether oxygens (including phenoxy) is 1. The third kappa shape index (κ3) is 2.41. The molecule has 1 unspecified atom stereocenters. The number of hydrogen-bond donors (Lipinski definition) is 1. The summed E-state index contributed by atoms with van der Waals surface area (Å²) in [6.45, 7) is 3.77. The van der Waals surface area contributed by atoms with Gasteiger partial charge in [-0.2, -0.15) is 0 Å². The number of aromatic nitrogens is 1. The van der Waals surface area contributed by atoms with Crippen molar-refractivity contribution in [1.82, 2.24) is 4.98 Å². The Morgan fingerprint density at radius 2 is 2.25 bits per heavy atom. The molecule has 16 heavy (non-hydrogen) atoms. The van der Waals surface area contributed by atoms with E-state index in [1.165, 1.54) is 7.11 Å². The summed E-state index contributed by atoms with van der Waals surface area (Å²) in [5.74, 6) is -0.430. The standard InChI is InChI=1S/C11H15BrN2O2/c1-11(2,8(13)10(15)16-3)7-5-4-6-14-9(7)12/h4-6,8H,13H2,1-3H3. The summed E-state index contributed by atoms with van der Waals surface area (Å²) in [7, 11) is 1.33. The van der Waals surface area contributed by atoms with Crippen molar-refractivity contribution < 1.29 is 9.53 Å². The van der Waals surface area contributed by atoms with E-state index in [0.717, 1.165) is 5.56 Å². The van der Waals surface area contributed by atoms with Gasteiger partial charge in [0.1, 0.15) is 10.6 Å². The number of nitrogens with zero attached hydrogens (tertiary/aromatic N) is 1. The van der Waals surface area contributed by atoms with Gasteiger partial charge in [-0.05, 0) is 27.6 Å². The molecule has 0 spiro atoms. The van der Waals surface area contributed by atoms with E-state index in [0.29, 0.717) is 4.60 Å². The lowest BCUT2D eigenvalue weighted by molar-refractivity contribution is -0.143. The Hall–Kier alpha value is -0.940. The highest BCUT2D eigenvalue weighted by Crippen LogP contribution is 2.31. The fraction of sp³-hybridized carbons (Fsp3) is 0.455. The summed E-state index contributed by atoms with van der Waals surface area (Å²) in [4.78, 5) is 15.6. The van der Waals surface area contributed by atoms with Gasteiger partial charge in [0.05, 0.1) is 7.11 Å². The maximum Gasteiger partial charge on any atom is 0.323 e. The highest BCUT2D eigenvalue weighted by atomic mass is 79.9. The van der Waals surface area contributed by atoms with E-state index in [1.807, 2.05) is 26.0 Å². The Labute approximate surface area is 103 Å². The highest BCUT2D eigenvalue weighted by Gasteiger charge is 2.36. The molecule has 0 bridgehead atoms. The molecule has 0 aliphatic carbocycles. The second kappa shape index (κ2) is 4.93. The Bertz CT molecular complexity index is 393. The van der Waals surface area contributed by atoms with Crippen molar-refractivity contribution in [3.8, 4) is 0 Å². The van der Waals surface area contributed by atoms with Crippen molar-refractivity contribution in [1.29, 1.82) is 0 Å². The number of methoxy groups -OCH3 is 1. The minimum atomic E-state index is -0.724. The van der Waals surface area contributed by atoms with Crippen molar-refractivity contribution in [2.24, 2.45) is 5.73 Å². The average molecular weight is 287 g/mol. The van der Waals surface area contributed by atoms with Crippen LogP contribution in [0.15, 0.2) is 22.9 Å². The molecule has 1 aromatic heterocycles. The number of rotatable bonds is 3. The van der Waals surface area contributed by atoms with Gasteiger partial charge in [0.15, 0.2) is 0 Å². The lowest BCUT2D eigenvalue weighted by Gasteiger charge is -2.30. The first-order chi connectivity index (χ1) is 7.41. The zero-order valence-corrected chi connectivity index (χ0v) is 11.1. The second-order valence-corrected chi connectivity index (χ2v) is 4.82. The molecule has 1 atom stereocenters. The van der Waals surface area contributed by atoms with Crippen LogP contribution in [0, 0.1) is 0 Å². The molecule has 0 radical (unpaired) electrons. The number of halogens is 1. The Kier molecular flexibility index (Phi) is 4.04. The normalized spacial score (nSPS) is 13.3. The molecule has 0 saturated heterocycles. The Morgan fingerprint density at radius 3 is 2.75 bits per heavy atom. The van der Waals surface area contributed by atoms with Crippen molar-refractivity contribution in [3.05, 3.63) is 28.5 Å². The zero-order valence-electron chi connectivity index (χ0n) is 9.53. The van der Waals surface area contributed by atoms with E-state index in [9.17, 15) is 4.79 Å². The molecule has 1 rings (SSSR count). The molecular weight excluding hydrogens is 272 g/mol. The first-order valence-corrected chi connectivity index (χ1v) is 5.65. The maximum atomic E-state index is 11.5. The van der Waals surface area contributed by atoms with Crippen LogP contribution in [-0.4, -0.2) is 24.1 Å². The molecule has 0 amide bonds. The van der Waals surface area contributed by atoms with Crippen molar-refractivity contribution in [3.63, 3.8) is 0 Å². The fourth-order valence-corrected chi connectivity index (χ4v) is 2.22. The van der Waals surface area contributed by atoms with E-state index < -0.39 is 17.4 Å². The first kappa shape index (κ1) is 13.1. The Balaban J connectivity index is 3.11. The molecule has 4 nitrogen and oxygen atoms in total. The second-order valence-electron chi connectivity index (χ2n) is 4.06. The third-order valence-corrected chi connectivity index (χ3v) is 3.32. The highest BCUT2D eigenvalue weighted by molar-refractivity contribution is 9.10. The van der Waals surface area contributed by atoms with Gasteiger partial charge in [-0.25, -0.2) is 4.98 Å². The van der Waals surface area contributed by atoms with Crippen LogP contribution >= 0.6 is 15.9 Å². The molecule has 0 aromatic carbocycles. The molecule has 0 saturated carbocycles. The zero-order chi connectivity index (χ0) is 12.3. The summed E-state index contributed by atoms with van der Waals surface area (Å²) in [5, 5.41) is 0. The van der Waals surface area contributed by atoms with Crippen LogP contribution in [0.3, 0.4) is 0 Å². The summed E-state index contributed by atoms with van der Waals surface area (Å²) < 4.78 is 5.35. The fourth-order valence-electron chi connectivity index (χ4n) is 1.46. The van der Waals surface area contributed by atoms with Crippen LogP contribution in [0.4, 0.5) is 0 Å². The Morgan fingerprint density at radius 1 is 1.62 bits per heavy atom. The van der Waals surface area contributed by atoms with Crippen LogP contribution in [0.5, 0.6) is 0 Å². The van der Waals surface area contributed by atoms with Gasteiger partial charge in [-0.3, -0.25) is 4.79 Å². The number of esters is 1. The van der Waals surface area contributed by atoms with E-state index in [-0.39, 0.29) is 0 Å². The number of pyridine rings is 1. The molecule has 2 N–H and O–H groups in total. The van der Waals surface area contributed by atoms with Gasteiger partial charge in [0.2, 0.25) is 0 Å². The molecule has 0 fully saturated rings. The van der Waals surface area contributed by atoms with Crippen molar-refractivity contribution in [2.45, 2.75) is 25.3 Å². The van der Waals surface area contributed by atoms with E-state index in [2.05, 4.69) is 25.7 Å². The van der Waals surface area contributed by atoms with E-state index >= 15 is 0 Å². The lowest BCUT2D eigenvalue weighted by Crippen LogP contribution is -2.47. The molecule has 88 valence electrons. The topological polar surface area (TPSA) is 65.2 Å². The summed E-state index contributed by atoms with van der Waals surface area (Å²) in [5.41, 5.74) is 6.22. The first-order valence-electron chi connectivity index (χ1n) is 4.85. The van der Waals surface area contributed by atoms with Crippen LogP contribution < -0.4 is 5.73 Å². The van der Waals surface area contributed by atoms with Gasteiger partial charge in [-0.1, -0.05) is 19.9 Å². The maximum absolute atomic E-state index is 11.5. The number of nitrogens with two attached hydrogens (primary N) is 1. The molecule has 1 aromatic rings. The number of carbonyl (C=O) groups is 1. The van der Waals surface area contributed by atoms with Gasteiger partial charge in [-0.15, -0.1) is 0 Å². The molecule has 5 heteroatoms. The number of hydrogen-bond acceptors (Lipinski definition) is 4. The quantitative estimate of drug-likeness (QED) is 0.677. The number of carbonyl (C=O) groups excluding carboxylic acids is 1. The smallest absolute Gasteiger partial charge is 0.323 e. The minimum Gasteiger partial charge on any atom is -0.468 e. The minimum absolute atomic E-state index is 0.430. The van der Waals surface area contributed by atoms with Crippen LogP contribution in [0.2, 0.25) is 0 Å². The molecule has 0 aliphatic heterocycles. The molecule has 1 heterocycles. The van der Waals surface area contributed by atoms with Crippen molar-refractivity contribution in [2.75, 3.05) is 7.11 Å². The molecular formula is C11H15BrN2O2. The third-order valence-electron chi connectivity index (χ3n) is 2.69. The van der Waals surface area contributed by atoms with Gasteiger partial charge < -0.3 is 10.5 Å².